The van der Waals surface area contributed by atoms with E-state index in [9.17, 15) is 8.42 Å². The van der Waals surface area contributed by atoms with E-state index < -0.39 is 10.2 Å². The van der Waals surface area contributed by atoms with Crippen LogP contribution in [0.15, 0.2) is 47.3 Å². The summed E-state index contributed by atoms with van der Waals surface area (Å²) < 4.78 is 40.6. The molecular weight excluding hydrogens is 494 g/mol. The maximum atomic E-state index is 12.5. The monoisotopic (exact) mass is 517 g/mol. The van der Waals surface area contributed by atoms with Crippen LogP contribution in [0.5, 0.6) is 5.75 Å². The number of fused-ring (bicyclic) bond motifs is 1. The van der Waals surface area contributed by atoms with Crippen molar-refractivity contribution in [3.05, 3.63) is 47.9 Å². The molecule has 1 aromatic carbocycles. The summed E-state index contributed by atoms with van der Waals surface area (Å²) in [6.45, 7) is 3.97. The summed E-state index contributed by atoms with van der Waals surface area (Å²) in [5.74, 6) is 1.32. The third kappa shape index (κ3) is 4.33. The van der Waals surface area contributed by atoms with Crippen LogP contribution in [0.1, 0.15) is 6.92 Å². The first-order valence-corrected chi connectivity index (χ1v) is 12.8. The van der Waals surface area contributed by atoms with Crippen molar-refractivity contribution >= 4 is 33.6 Å². The molecule has 3 aromatic heterocycles. The third-order valence-electron chi connectivity index (χ3n) is 5.83. The van der Waals surface area contributed by atoms with Crippen LogP contribution >= 0.6 is 11.6 Å². The molecule has 0 radical (unpaired) electrons. The van der Waals surface area contributed by atoms with E-state index in [0.717, 1.165) is 5.56 Å². The Morgan fingerprint density at radius 3 is 2.80 bits per heavy atom. The first kappa shape index (κ1) is 23.5. The molecule has 0 amide bonds. The van der Waals surface area contributed by atoms with Gasteiger partial charge in [-0.15, -0.1) is 0 Å². The first-order chi connectivity index (χ1) is 16.9. The number of oxazole rings is 1. The third-order valence-corrected chi connectivity index (χ3v) is 8.26. The van der Waals surface area contributed by atoms with Gasteiger partial charge in [-0.05, 0) is 18.2 Å². The zero-order valence-corrected chi connectivity index (χ0v) is 20.8. The van der Waals surface area contributed by atoms with Crippen molar-refractivity contribution in [3.8, 4) is 28.4 Å². The number of nitrogens with zero attached hydrogens (tertiary/aromatic N) is 6. The molecule has 1 aliphatic rings. The van der Waals surface area contributed by atoms with E-state index >= 15 is 0 Å². The minimum Gasteiger partial charge on any atom is -0.495 e. The number of methoxy groups -OCH3 is 1. The van der Waals surface area contributed by atoms with E-state index in [1.54, 1.807) is 42.3 Å². The summed E-state index contributed by atoms with van der Waals surface area (Å²) >= 11 is 6.21. The quantitative estimate of drug-likeness (QED) is 0.379. The lowest BCUT2D eigenvalue weighted by Gasteiger charge is -2.17. The lowest BCUT2D eigenvalue weighted by molar-refractivity contribution is 0.415. The van der Waals surface area contributed by atoms with E-state index in [1.165, 1.54) is 8.61 Å². The molecule has 4 heterocycles. The molecule has 1 saturated heterocycles. The van der Waals surface area contributed by atoms with Gasteiger partial charge in [-0.25, -0.2) is 9.97 Å². The number of benzene rings is 1. The van der Waals surface area contributed by atoms with Crippen LogP contribution in [0.3, 0.4) is 0 Å². The molecule has 35 heavy (non-hydrogen) atoms. The largest absolute Gasteiger partial charge is 0.495 e. The number of anilines is 1. The molecule has 1 N–H and O–H groups in total. The molecule has 0 spiro atoms. The van der Waals surface area contributed by atoms with Crippen molar-refractivity contribution in [2.45, 2.75) is 6.92 Å². The topological polar surface area (TPSA) is 118 Å². The average Bonchev–Trinajstić information content (AvgIpc) is 3.52. The smallest absolute Gasteiger partial charge is 0.306 e. The lowest BCUT2D eigenvalue weighted by Crippen LogP contribution is -2.35. The van der Waals surface area contributed by atoms with Gasteiger partial charge in [0.2, 0.25) is 5.95 Å². The molecule has 4 aromatic rings. The van der Waals surface area contributed by atoms with Crippen LogP contribution in [0.4, 0.5) is 5.95 Å². The Hall–Kier alpha value is -3.19. The van der Waals surface area contributed by atoms with Gasteiger partial charge in [-0.3, -0.25) is 4.40 Å². The molecule has 0 aliphatic carbocycles. The Balaban J connectivity index is 1.42. The molecule has 0 unspecified atom stereocenters. The van der Waals surface area contributed by atoms with Crippen molar-refractivity contribution in [1.82, 2.24) is 28.0 Å². The minimum atomic E-state index is -3.39. The highest BCUT2D eigenvalue weighted by Gasteiger charge is 2.34. The van der Waals surface area contributed by atoms with E-state index in [0.29, 0.717) is 72.4 Å². The van der Waals surface area contributed by atoms with Gasteiger partial charge < -0.3 is 14.5 Å². The number of imidazole rings is 1. The van der Waals surface area contributed by atoms with E-state index in [-0.39, 0.29) is 0 Å². The Morgan fingerprint density at radius 2 is 2.03 bits per heavy atom. The Kier molecular flexibility index (Phi) is 6.36. The van der Waals surface area contributed by atoms with E-state index in [4.69, 9.17) is 20.8 Å². The maximum absolute atomic E-state index is 12.5. The molecule has 0 bridgehead atoms. The van der Waals surface area contributed by atoms with Gasteiger partial charge in [0.1, 0.15) is 23.4 Å². The summed E-state index contributed by atoms with van der Waals surface area (Å²) in [6.07, 6.45) is 4.96. The van der Waals surface area contributed by atoms with E-state index in [2.05, 4.69) is 20.3 Å². The Labute approximate surface area is 207 Å². The van der Waals surface area contributed by atoms with Crippen molar-refractivity contribution < 1.29 is 17.6 Å². The summed E-state index contributed by atoms with van der Waals surface area (Å²) in [4.78, 5) is 13.6. The highest BCUT2D eigenvalue weighted by molar-refractivity contribution is 7.87. The predicted octanol–water partition coefficient (Wildman–Crippen LogP) is 3.01. The fourth-order valence-electron chi connectivity index (χ4n) is 4.07. The molecule has 5 rings (SSSR count). The zero-order chi connectivity index (χ0) is 24.6. The average molecular weight is 518 g/mol. The summed E-state index contributed by atoms with van der Waals surface area (Å²) in [5.41, 5.74) is 2.76. The molecule has 184 valence electrons. The summed E-state index contributed by atoms with van der Waals surface area (Å²) in [6, 6.07) is 7.19. The molecular formula is C22H24ClN7O4S. The normalized spacial score (nSPS) is 16.2. The van der Waals surface area contributed by atoms with Crippen LogP contribution in [0.25, 0.3) is 28.5 Å². The van der Waals surface area contributed by atoms with Crippen LogP contribution < -0.4 is 10.1 Å². The molecule has 11 nitrogen and oxygen atoms in total. The molecule has 0 atom stereocenters. The Bertz CT molecular complexity index is 1470. The van der Waals surface area contributed by atoms with Crippen LogP contribution in [0.2, 0.25) is 5.02 Å². The molecule has 1 fully saturated rings. The number of rotatable bonds is 8. The van der Waals surface area contributed by atoms with Crippen LogP contribution in [0, 0.1) is 0 Å². The van der Waals surface area contributed by atoms with Gasteiger partial charge in [-0.1, -0.05) is 24.6 Å². The first-order valence-electron chi connectivity index (χ1n) is 11.0. The lowest BCUT2D eigenvalue weighted by atomic mass is 10.1. The summed E-state index contributed by atoms with van der Waals surface area (Å²) in [7, 11) is -1.84. The maximum Gasteiger partial charge on any atom is 0.306 e. The number of likely N-dealkylation sites (N-methyl/N-ethyl adjacent to an activating group) is 1. The second-order valence-electron chi connectivity index (χ2n) is 7.80. The molecule has 1 aliphatic heterocycles. The van der Waals surface area contributed by atoms with Crippen molar-refractivity contribution in [2.75, 3.05) is 45.2 Å². The molecule has 13 heteroatoms. The number of halogens is 1. The number of hydrogen-bond acceptors (Lipinski definition) is 8. The minimum absolute atomic E-state index is 0.320. The second kappa shape index (κ2) is 9.46. The second-order valence-corrected chi connectivity index (χ2v) is 10.1. The van der Waals surface area contributed by atoms with Gasteiger partial charge in [0.05, 0.1) is 17.8 Å². The zero-order valence-electron chi connectivity index (χ0n) is 19.2. The van der Waals surface area contributed by atoms with Crippen LogP contribution in [-0.4, -0.2) is 76.2 Å². The Morgan fingerprint density at radius 1 is 1.20 bits per heavy atom. The highest BCUT2D eigenvalue weighted by atomic mass is 35.5. The predicted molar refractivity (Wildman–Crippen MR) is 132 cm³/mol. The van der Waals surface area contributed by atoms with Gasteiger partial charge >= 0.3 is 5.84 Å². The SMILES string of the molecule is CCN1CCN(CCNc2nccc(-c3c(-c4ccc(Cl)c(OC)c4)nc4occn34)n2)S1(=O)=O. The van der Waals surface area contributed by atoms with E-state index in [1.807, 2.05) is 19.1 Å². The van der Waals surface area contributed by atoms with Crippen molar-refractivity contribution in [2.24, 2.45) is 0 Å². The fraction of sp³-hybridized carbons (Fsp3) is 0.318. The number of aromatic nitrogens is 4. The van der Waals surface area contributed by atoms with Gasteiger partial charge in [-0.2, -0.15) is 22.0 Å². The van der Waals surface area contributed by atoms with Crippen LogP contribution in [-0.2, 0) is 10.2 Å². The number of nitrogens with one attached hydrogen (secondary N) is 1. The molecule has 0 saturated carbocycles. The van der Waals surface area contributed by atoms with Gasteiger partial charge in [0.25, 0.3) is 10.2 Å². The van der Waals surface area contributed by atoms with Crippen molar-refractivity contribution in [3.63, 3.8) is 0 Å². The fourth-order valence-corrected chi connectivity index (χ4v) is 5.87. The van der Waals surface area contributed by atoms with Gasteiger partial charge in [0.15, 0.2) is 0 Å². The number of ether oxygens (including phenoxy) is 1. The van der Waals surface area contributed by atoms with Crippen molar-refractivity contribution in [1.29, 1.82) is 0 Å². The van der Waals surface area contributed by atoms with Gasteiger partial charge in [0, 0.05) is 50.7 Å². The number of hydrogen-bond donors (Lipinski definition) is 1. The standard InChI is InChI=1S/C22H24ClN7O4S/c1-3-28-10-11-29(35(28,31)32)9-8-25-21-24-7-6-17(26-21)20-19(27-22-30(20)12-13-34-22)15-4-5-16(23)18(14-15)33-2/h4-7,12-14H,3,8-11H2,1-2H3,(H,24,25,26). The summed E-state index contributed by atoms with van der Waals surface area (Å²) in [5, 5.41) is 3.63. The highest BCUT2D eigenvalue weighted by Crippen LogP contribution is 2.36.